The fourth-order valence-corrected chi connectivity index (χ4v) is 2.85. The molecule has 1 fully saturated rings. The van der Waals surface area contributed by atoms with E-state index in [1.54, 1.807) is 25.1 Å². The smallest absolute Gasteiger partial charge is 0.243 e. The maximum absolute atomic E-state index is 11.5. The van der Waals surface area contributed by atoms with Crippen molar-refractivity contribution in [2.24, 2.45) is 4.99 Å². The first-order valence-corrected chi connectivity index (χ1v) is 7.63. The number of hydrogen-bond donors (Lipinski definition) is 2. The van der Waals surface area contributed by atoms with Gasteiger partial charge >= 0.3 is 0 Å². The van der Waals surface area contributed by atoms with Crippen LogP contribution in [0, 0.1) is 0 Å². The second-order valence-corrected chi connectivity index (χ2v) is 6.05. The molecule has 0 aliphatic carbocycles. The molecule has 0 aromatic carbocycles. The summed E-state index contributed by atoms with van der Waals surface area (Å²) in [6.07, 6.45) is 4.32. The lowest BCUT2D eigenvalue weighted by molar-refractivity contribution is -0.127. The van der Waals surface area contributed by atoms with Gasteiger partial charge in [-0.3, -0.25) is 4.79 Å². The van der Waals surface area contributed by atoms with Gasteiger partial charge in [0.05, 0.1) is 0 Å². The highest BCUT2D eigenvalue weighted by atomic mass is 32.2. The Kier molecular flexibility index (Phi) is 7.40. The van der Waals surface area contributed by atoms with Crippen molar-refractivity contribution >= 4 is 23.6 Å². The number of nitrogens with zero attached hydrogens (tertiary/aromatic N) is 2. The Bertz CT molecular complexity index is 325. The summed E-state index contributed by atoms with van der Waals surface area (Å²) in [6.45, 7) is 5.36. The molecule has 0 spiro atoms. The summed E-state index contributed by atoms with van der Waals surface area (Å²) in [5, 5.41) is 7.07. The fraction of sp³-hybridized carbons (Fsp3) is 0.692. The van der Waals surface area contributed by atoms with Gasteiger partial charge in [0.25, 0.3) is 0 Å². The first-order chi connectivity index (χ1) is 9.13. The number of rotatable bonds is 6. The Hall–Kier alpha value is -1.17. The van der Waals surface area contributed by atoms with Crippen LogP contribution in [0.3, 0.4) is 0 Å². The van der Waals surface area contributed by atoms with Gasteiger partial charge in [-0.2, -0.15) is 11.8 Å². The average Bonchev–Trinajstić information content (AvgIpc) is 2.90. The van der Waals surface area contributed by atoms with Crippen LogP contribution in [0.25, 0.3) is 0 Å². The third-order valence-electron chi connectivity index (χ3n) is 2.81. The van der Waals surface area contributed by atoms with E-state index < -0.39 is 0 Å². The average molecular weight is 284 g/mol. The van der Waals surface area contributed by atoms with E-state index in [0.29, 0.717) is 17.8 Å². The second kappa shape index (κ2) is 8.85. The zero-order valence-electron chi connectivity index (χ0n) is 11.8. The number of likely N-dealkylation sites (N-methyl/N-ethyl adjacent to an activating group) is 1. The molecule has 1 amide bonds. The van der Waals surface area contributed by atoms with Crippen molar-refractivity contribution in [2.45, 2.75) is 18.1 Å². The summed E-state index contributed by atoms with van der Waals surface area (Å²) in [7, 11) is 3.47. The Morgan fingerprint density at radius 3 is 2.89 bits per heavy atom. The molecule has 1 aliphatic rings. The Morgan fingerprint density at radius 1 is 1.53 bits per heavy atom. The molecule has 2 N–H and O–H groups in total. The number of carbonyl (C=O) groups is 1. The van der Waals surface area contributed by atoms with E-state index >= 15 is 0 Å². The molecule has 0 aromatic heterocycles. The van der Waals surface area contributed by atoms with E-state index in [1.807, 2.05) is 11.8 Å². The largest absolute Gasteiger partial charge is 0.355 e. The minimum Gasteiger partial charge on any atom is -0.355 e. The van der Waals surface area contributed by atoms with Gasteiger partial charge in [-0.15, -0.1) is 6.58 Å². The first-order valence-electron chi connectivity index (χ1n) is 6.58. The summed E-state index contributed by atoms with van der Waals surface area (Å²) >= 11 is 2.00. The molecule has 0 bridgehead atoms. The Labute approximate surface area is 119 Å². The van der Waals surface area contributed by atoms with Crippen molar-refractivity contribution in [2.75, 3.05) is 39.5 Å². The van der Waals surface area contributed by atoms with Gasteiger partial charge in [-0.25, -0.2) is 4.99 Å². The molecule has 1 heterocycles. The van der Waals surface area contributed by atoms with E-state index in [-0.39, 0.29) is 12.5 Å². The zero-order chi connectivity index (χ0) is 14.1. The topological polar surface area (TPSA) is 56.7 Å². The molecule has 1 rings (SSSR count). The number of carbonyl (C=O) groups excluding carboxylic acids is 1. The van der Waals surface area contributed by atoms with Gasteiger partial charge in [0.2, 0.25) is 5.91 Å². The highest BCUT2D eigenvalue weighted by Gasteiger charge is 2.15. The summed E-state index contributed by atoms with van der Waals surface area (Å²) in [4.78, 5) is 17.4. The van der Waals surface area contributed by atoms with Crippen LogP contribution in [0.4, 0.5) is 0 Å². The second-order valence-electron chi connectivity index (χ2n) is 4.64. The molecule has 1 aliphatic heterocycles. The molecule has 0 saturated carbocycles. The third kappa shape index (κ3) is 6.52. The van der Waals surface area contributed by atoms with Crippen LogP contribution in [0.1, 0.15) is 12.8 Å². The van der Waals surface area contributed by atoms with Crippen LogP contribution >= 0.6 is 11.8 Å². The van der Waals surface area contributed by atoms with Crippen molar-refractivity contribution in [3.63, 3.8) is 0 Å². The standard InChI is InChI=1S/C13H24N4OS/c1-4-7-14-13(16-10-12(18)17(2)3)15-9-11-6-5-8-19-11/h4,11H,1,5-10H2,2-3H3,(H2,14,15,16). The van der Waals surface area contributed by atoms with E-state index in [2.05, 4.69) is 22.2 Å². The van der Waals surface area contributed by atoms with Crippen molar-refractivity contribution < 1.29 is 4.79 Å². The number of aliphatic imine (C=N–C) groups is 1. The number of nitrogens with one attached hydrogen (secondary N) is 2. The van der Waals surface area contributed by atoms with Gasteiger partial charge < -0.3 is 15.5 Å². The molecule has 1 atom stereocenters. The molecule has 5 nitrogen and oxygen atoms in total. The minimum atomic E-state index is -0.00468. The Morgan fingerprint density at radius 2 is 2.32 bits per heavy atom. The maximum Gasteiger partial charge on any atom is 0.243 e. The normalized spacial score (nSPS) is 19.1. The monoisotopic (exact) mass is 284 g/mol. The van der Waals surface area contributed by atoms with Crippen molar-refractivity contribution in [1.82, 2.24) is 15.5 Å². The molecule has 0 radical (unpaired) electrons. The van der Waals surface area contributed by atoms with Gasteiger partial charge in [-0.05, 0) is 18.6 Å². The molecule has 6 heteroatoms. The molecular formula is C13H24N4OS. The van der Waals surface area contributed by atoms with Crippen molar-refractivity contribution in [3.8, 4) is 0 Å². The minimum absolute atomic E-state index is 0.00468. The summed E-state index contributed by atoms with van der Waals surface area (Å²) in [5.41, 5.74) is 0. The highest BCUT2D eigenvalue weighted by Crippen LogP contribution is 2.25. The predicted octanol–water partition coefficient (Wildman–Crippen LogP) is 0.691. The molecule has 19 heavy (non-hydrogen) atoms. The predicted molar refractivity (Wildman–Crippen MR) is 82.7 cm³/mol. The van der Waals surface area contributed by atoms with E-state index in [4.69, 9.17) is 0 Å². The van der Waals surface area contributed by atoms with E-state index in [9.17, 15) is 4.79 Å². The third-order valence-corrected chi connectivity index (χ3v) is 4.20. The number of hydrogen-bond acceptors (Lipinski definition) is 3. The van der Waals surface area contributed by atoms with Crippen molar-refractivity contribution in [1.29, 1.82) is 0 Å². The summed E-state index contributed by atoms with van der Waals surface area (Å²) in [5.74, 6) is 1.93. The fourth-order valence-electron chi connectivity index (χ4n) is 1.65. The lowest BCUT2D eigenvalue weighted by atomic mass is 10.2. The van der Waals surface area contributed by atoms with Crippen LogP contribution in [0.15, 0.2) is 17.6 Å². The number of amides is 1. The van der Waals surface area contributed by atoms with E-state index in [1.165, 1.54) is 18.6 Å². The lowest BCUT2D eigenvalue weighted by Crippen LogP contribution is -2.41. The summed E-state index contributed by atoms with van der Waals surface area (Å²) < 4.78 is 0. The molecule has 0 aromatic rings. The van der Waals surface area contributed by atoms with Crippen molar-refractivity contribution in [3.05, 3.63) is 12.7 Å². The molecule has 1 unspecified atom stereocenters. The molecule has 108 valence electrons. The number of thioether (sulfide) groups is 1. The van der Waals surface area contributed by atoms with Crippen LogP contribution in [0.5, 0.6) is 0 Å². The van der Waals surface area contributed by atoms with Crippen LogP contribution < -0.4 is 10.6 Å². The summed E-state index contributed by atoms with van der Waals surface area (Å²) in [6, 6.07) is 0. The van der Waals surface area contributed by atoms with E-state index in [0.717, 1.165) is 6.54 Å². The lowest BCUT2D eigenvalue weighted by Gasteiger charge is -2.15. The van der Waals surface area contributed by atoms with Gasteiger partial charge in [0.1, 0.15) is 6.54 Å². The first kappa shape index (κ1) is 15.9. The van der Waals surface area contributed by atoms with Gasteiger partial charge in [-0.1, -0.05) is 6.08 Å². The SMILES string of the molecule is C=CCNC(=NCC(=O)N(C)C)NCC1CCCS1. The van der Waals surface area contributed by atoms with Crippen LogP contribution in [0.2, 0.25) is 0 Å². The maximum atomic E-state index is 11.5. The number of guanidine groups is 1. The van der Waals surface area contributed by atoms with Gasteiger partial charge in [0.15, 0.2) is 5.96 Å². The van der Waals surface area contributed by atoms with Crippen LogP contribution in [-0.2, 0) is 4.79 Å². The molecule has 1 saturated heterocycles. The Balaban J connectivity index is 2.42. The highest BCUT2D eigenvalue weighted by molar-refractivity contribution is 8.00. The quantitative estimate of drug-likeness (QED) is 0.428. The molecular weight excluding hydrogens is 260 g/mol. The van der Waals surface area contributed by atoms with Gasteiger partial charge in [0, 0.05) is 32.4 Å². The zero-order valence-corrected chi connectivity index (χ0v) is 12.6. The van der Waals surface area contributed by atoms with Crippen LogP contribution in [-0.4, -0.2) is 61.5 Å².